The number of rotatable bonds is 5. The Kier molecular flexibility index (Phi) is 5.28. The Labute approximate surface area is 109 Å². The summed E-state index contributed by atoms with van der Waals surface area (Å²) in [6.07, 6.45) is -5.08. The highest BCUT2D eigenvalue weighted by atomic mass is 35.5. The zero-order chi connectivity index (χ0) is 13.8. The van der Waals surface area contributed by atoms with Gasteiger partial charge >= 0.3 is 6.18 Å². The molecule has 0 heterocycles. The number of halogens is 4. The lowest BCUT2D eigenvalue weighted by atomic mass is 10.1. The van der Waals surface area contributed by atoms with Crippen LogP contribution in [0.2, 0.25) is 5.02 Å². The van der Waals surface area contributed by atoms with Crippen molar-refractivity contribution in [2.75, 3.05) is 6.61 Å². The van der Waals surface area contributed by atoms with Crippen molar-refractivity contribution in [3.8, 4) is 5.75 Å². The number of hydrogen-bond acceptors (Lipinski definition) is 2. The van der Waals surface area contributed by atoms with Crippen LogP contribution in [0.5, 0.6) is 5.75 Å². The lowest BCUT2D eigenvalue weighted by molar-refractivity contribution is -0.136. The molecular formula is C12H15ClF3NO. The molecule has 6 heteroatoms. The summed E-state index contributed by atoms with van der Waals surface area (Å²) < 4.78 is 41.2. The van der Waals surface area contributed by atoms with Gasteiger partial charge in [-0.15, -0.1) is 0 Å². The van der Waals surface area contributed by atoms with Crippen LogP contribution < -0.4 is 10.5 Å². The van der Waals surface area contributed by atoms with Gasteiger partial charge in [0.15, 0.2) is 0 Å². The average Bonchev–Trinajstić information content (AvgIpc) is 2.24. The van der Waals surface area contributed by atoms with Crippen LogP contribution >= 0.6 is 11.6 Å². The highest BCUT2D eigenvalue weighted by Gasteiger charge is 2.26. The van der Waals surface area contributed by atoms with E-state index in [2.05, 4.69) is 0 Å². The molecule has 0 saturated heterocycles. The van der Waals surface area contributed by atoms with Crippen molar-refractivity contribution in [2.24, 2.45) is 5.73 Å². The molecule has 0 fully saturated rings. The van der Waals surface area contributed by atoms with Gasteiger partial charge in [0.05, 0.1) is 6.61 Å². The fraction of sp³-hybridized carbons (Fsp3) is 0.500. The molecule has 2 N–H and O–H groups in total. The minimum Gasteiger partial charge on any atom is -0.493 e. The van der Waals surface area contributed by atoms with Gasteiger partial charge in [-0.05, 0) is 31.5 Å². The van der Waals surface area contributed by atoms with Gasteiger partial charge in [0.25, 0.3) is 0 Å². The fourth-order valence-corrected chi connectivity index (χ4v) is 1.64. The lowest BCUT2D eigenvalue weighted by Gasteiger charge is -2.14. The Morgan fingerprint density at radius 1 is 1.39 bits per heavy atom. The largest absolute Gasteiger partial charge is 0.493 e. The minimum absolute atomic E-state index is 0.000856. The van der Waals surface area contributed by atoms with Crippen LogP contribution in [0.4, 0.5) is 13.2 Å². The summed E-state index contributed by atoms with van der Waals surface area (Å²) in [4.78, 5) is 0. The third kappa shape index (κ3) is 5.14. The van der Waals surface area contributed by atoms with Crippen molar-refractivity contribution < 1.29 is 17.9 Å². The van der Waals surface area contributed by atoms with Gasteiger partial charge in [-0.3, -0.25) is 0 Å². The molecular weight excluding hydrogens is 267 g/mol. The van der Waals surface area contributed by atoms with Crippen molar-refractivity contribution in [3.63, 3.8) is 0 Å². The Bertz CT molecular complexity index is 393. The van der Waals surface area contributed by atoms with Crippen molar-refractivity contribution in [3.05, 3.63) is 28.8 Å². The van der Waals surface area contributed by atoms with E-state index in [4.69, 9.17) is 22.1 Å². The van der Waals surface area contributed by atoms with Gasteiger partial charge in [0, 0.05) is 23.0 Å². The molecule has 0 spiro atoms. The molecule has 0 aliphatic carbocycles. The van der Waals surface area contributed by atoms with E-state index in [0.717, 1.165) is 0 Å². The number of hydrogen-bond donors (Lipinski definition) is 1. The predicted octanol–water partition coefficient (Wildman–Crippen LogP) is 4.08. The van der Waals surface area contributed by atoms with Crippen LogP contribution in [0, 0.1) is 0 Å². The van der Waals surface area contributed by atoms with Crippen LogP contribution in [-0.4, -0.2) is 12.8 Å². The van der Waals surface area contributed by atoms with Gasteiger partial charge < -0.3 is 10.5 Å². The second-order valence-corrected chi connectivity index (χ2v) is 4.47. The van der Waals surface area contributed by atoms with E-state index in [1.54, 1.807) is 25.1 Å². The molecule has 18 heavy (non-hydrogen) atoms. The van der Waals surface area contributed by atoms with E-state index in [1.165, 1.54) is 0 Å². The monoisotopic (exact) mass is 281 g/mol. The summed E-state index contributed by atoms with van der Waals surface area (Å²) in [6, 6.07) is 4.60. The normalized spacial score (nSPS) is 13.4. The van der Waals surface area contributed by atoms with E-state index in [-0.39, 0.29) is 19.1 Å². The molecule has 0 aromatic heterocycles. The van der Waals surface area contributed by atoms with Crippen molar-refractivity contribution in [1.29, 1.82) is 0 Å². The molecule has 0 amide bonds. The highest BCUT2D eigenvalue weighted by Crippen LogP contribution is 2.28. The van der Waals surface area contributed by atoms with Gasteiger partial charge in [0.2, 0.25) is 0 Å². The summed E-state index contributed by atoms with van der Waals surface area (Å²) in [6.45, 7) is 1.76. The van der Waals surface area contributed by atoms with Crippen molar-refractivity contribution >= 4 is 11.6 Å². The standard InChI is InChI=1S/C12H15ClF3NO/c1-8(17)10-7-9(13)3-4-11(10)18-6-2-5-12(14,15)16/h3-4,7-8H,2,5-6,17H2,1H3/t8-/m0/s1. The van der Waals surface area contributed by atoms with E-state index in [0.29, 0.717) is 16.3 Å². The van der Waals surface area contributed by atoms with Crippen LogP contribution in [0.25, 0.3) is 0 Å². The summed E-state index contributed by atoms with van der Waals surface area (Å²) in [7, 11) is 0. The summed E-state index contributed by atoms with van der Waals surface area (Å²) in [5.74, 6) is 0.483. The zero-order valence-corrected chi connectivity index (χ0v) is 10.7. The highest BCUT2D eigenvalue weighted by molar-refractivity contribution is 6.30. The van der Waals surface area contributed by atoms with E-state index >= 15 is 0 Å². The summed E-state index contributed by atoms with van der Waals surface area (Å²) >= 11 is 5.82. The molecule has 1 atom stereocenters. The first-order valence-corrected chi connectivity index (χ1v) is 5.92. The molecule has 1 aromatic carbocycles. The first-order valence-electron chi connectivity index (χ1n) is 5.54. The van der Waals surface area contributed by atoms with E-state index < -0.39 is 12.6 Å². The molecule has 2 nitrogen and oxygen atoms in total. The fourth-order valence-electron chi connectivity index (χ4n) is 1.46. The van der Waals surface area contributed by atoms with E-state index in [1.807, 2.05) is 0 Å². The molecule has 1 rings (SSSR count). The van der Waals surface area contributed by atoms with Gasteiger partial charge in [-0.25, -0.2) is 0 Å². The number of alkyl halides is 3. The van der Waals surface area contributed by atoms with Gasteiger partial charge in [0.1, 0.15) is 5.75 Å². The average molecular weight is 282 g/mol. The number of ether oxygens (including phenoxy) is 1. The lowest BCUT2D eigenvalue weighted by Crippen LogP contribution is -2.11. The number of benzene rings is 1. The molecule has 102 valence electrons. The topological polar surface area (TPSA) is 35.2 Å². The van der Waals surface area contributed by atoms with Gasteiger partial charge in [-0.2, -0.15) is 13.2 Å². The Morgan fingerprint density at radius 3 is 2.61 bits per heavy atom. The van der Waals surface area contributed by atoms with E-state index in [9.17, 15) is 13.2 Å². The second-order valence-electron chi connectivity index (χ2n) is 4.04. The maximum atomic E-state index is 11.9. The molecule has 0 bridgehead atoms. The molecule has 0 unspecified atom stereocenters. The minimum atomic E-state index is -4.15. The first-order chi connectivity index (χ1) is 8.29. The Hall–Kier alpha value is -0.940. The summed E-state index contributed by atoms with van der Waals surface area (Å²) in [5.41, 5.74) is 6.43. The van der Waals surface area contributed by atoms with Crippen LogP contribution in [0.1, 0.15) is 31.4 Å². The Balaban J connectivity index is 2.57. The third-order valence-corrected chi connectivity index (χ3v) is 2.56. The van der Waals surface area contributed by atoms with Crippen molar-refractivity contribution in [1.82, 2.24) is 0 Å². The Morgan fingerprint density at radius 2 is 2.06 bits per heavy atom. The first kappa shape index (κ1) is 15.1. The third-order valence-electron chi connectivity index (χ3n) is 2.32. The SMILES string of the molecule is C[C@H](N)c1cc(Cl)ccc1OCCCC(F)(F)F. The molecule has 0 aliphatic rings. The smallest absolute Gasteiger partial charge is 0.389 e. The molecule has 0 saturated carbocycles. The molecule has 1 aromatic rings. The zero-order valence-electron chi connectivity index (χ0n) is 9.93. The maximum Gasteiger partial charge on any atom is 0.389 e. The molecule has 0 aliphatic heterocycles. The number of nitrogens with two attached hydrogens (primary N) is 1. The quantitative estimate of drug-likeness (QED) is 0.825. The maximum absolute atomic E-state index is 11.9. The van der Waals surface area contributed by atoms with Gasteiger partial charge in [-0.1, -0.05) is 11.6 Å². The summed E-state index contributed by atoms with van der Waals surface area (Å²) in [5, 5.41) is 0.518. The molecule has 0 radical (unpaired) electrons. The predicted molar refractivity (Wildman–Crippen MR) is 64.8 cm³/mol. The van der Waals surface area contributed by atoms with Crippen LogP contribution in [0.3, 0.4) is 0 Å². The van der Waals surface area contributed by atoms with Crippen LogP contribution in [0.15, 0.2) is 18.2 Å². The van der Waals surface area contributed by atoms with Crippen molar-refractivity contribution in [2.45, 2.75) is 32.0 Å². The second kappa shape index (κ2) is 6.29. The van der Waals surface area contributed by atoms with Crippen LogP contribution in [-0.2, 0) is 0 Å².